The lowest BCUT2D eigenvalue weighted by molar-refractivity contribution is -0.128. The summed E-state index contributed by atoms with van der Waals surface area (Å²) in [4.78, 5) is 25.3. The number of aryl methyl sites for hydroxylation is 1. The second-order valence-electron chi connectivity index (χ2n) is 8.36. The fraction of sp³-hybridized carbons (Fsp3) is 0.333. The molecular formula is C30H38N2O6S. The number of carbonyl (C=O) groups excluding carboxylic acids is 2. The van der Waals surface area contributed by atoms with Crippen LogP contribution in [0.1, 0.15) is 28.9 Å². The Hall–Kier alpha value is -3.50. The first kappa shape index (κ1) is 31.7. The van der Waals surface area contributed by atoms with Gasteiger partial charge in [-0.1, -0.05) is 43.3 Å². The second-order valence-corrected chi connectivity index (χ2v) is 9.31. The van der Waals surface area contributed by atoms with Gasteiger partial charge in [0.2, 0.25) is 0 Å². The van der Waals surface area contributed by atoms with E-state index in [-0.39, 0.29) is 19.9 Å². The summed E-state index contributed by atoms with van der Waals surface area (Å²) in [7, 11) is 1.67. The topological polar surface area (TPSA) is 100 Å². The van der Waals surface area contributed by atoms with Crippen molar-refractivity contribution in [3.05, 3.63) is 76.7 Å². The molecule has 1 fully saturated rings. The van der Waals surface area contributed by atoms with Crippen LogP contribution in [0.2, 0.25) is 0 Å². The van der Waals surface area contributed by atoms with Crippen molar-refractivity contribution in [3.63, 3.8) is 0 Å². The number of ketones is 1. The Balaban J connectivity index is 0.000000816. The number of carbonyl (C=O) groups is 2. The van der Waals surface area contributed by atoms with Gasteiger partial charge in [-0.2, -0.15) is 0 Å². The Kier molecular flexibility index (Phi) is 14.0. The molecule has 1 saturated heterocycles. The van der Waals surface area contributed by atoms with Crippen LogP contribution in [0.15, 0.2) is 60.0 Å². The first-order valence-electron chi connectivity index (χ1n) is 12.3. The highest BCUT2D eigenvalue weighted by molar-refractivity contribution is 7.13. The molecule has 0 atom stereocenters. The summed E-state index contributed by atoms with van der Waals surface area (Å²) in [6.45, 7) is 7.02. The van der Waals surface area contributed by atoms with E-state index in [1.54, 1.807) is 24.5 Å². The van der Waals surface area contributed by atoms with Crippen LogP contribution in [0.4, 0.5) is 0 Å². The standard InChI is InChI=1S/C27H29NO4S.C2H5NO2.CH4/c1-20-5-7-21(8-6-20)24(29)10-9-22-18-23(27-4-3-17-33-27)26(30-2)19-25(22)32-16-13-28-11-14-31-15-12-28;3-1-5-2-4;/h3-10,17-19H,11-16H2,1-2H3;2H,1,3H2;1H4/b10-9+;;. The average molecular weight is 555 g/mol. The lowest BCUT2D eigenvalue weighted by atomic mass is 10.0. The molecular weight excluding hydrogens is 516 g/mol. The Morgan fingerprint density at radius 2 is 1.87 bits per heavy atom. The maximum atomic E-state index is 12.7. The molecule has 210 valence electrons. The van der Waals surface area contributed by atoms with Gasteiger partial charge in [-0.3, -0.25) is 20.2 Å². The molecule has 39 heavy (non-hydrogen) atoms. The smallest absolute Gasteiger partial charge is 0.294 e. The van der Waals surface area contributed by atoms with Crippen molar-refractivity contribution >= 4 is 29.7 Å². The van der Waals surface area contributed by atoms with Gasteiger partial charge in [0, 0.05) is 47.3 Å². The summed E-state index contributed by atoms with van der Waals surface area (Å²) in [5, 5.41) is 2.04. The molecule has 0 amide bonds. The van der Waals surface area contributed by atoms with Gasteiger partial charge in [0.25, 0.3) is 6.47 Å². The molecule has 2 aromatic carbocycles. The number of morpholine rings is 1. The molecule has 0 unspecified atom stereocenters. The molecule has 9 heteroatoms. The third kappa shape index (κ3) is 9.96. The van der Waals surface area contributed by atoms with Crippen molar-refractivity contribution in [1.82, 2.24) is 4.90 Å². The number of hydrogen-bond acceptors (Lipinski definition) is 9. The Morgan fingerprint density at radius 3 is 2.46 bits per heavy atom. The molecule has 3 aromatic rings. The van der Waals surface area contributed by atoms with Crippen molar-refractivity contribution in [1.29, 1.82) is 0 Å². The minimum absolute atomic E-state index is 0. The summed E-state index contributed by atoms with van der Waals surface area (Å²) >= 11 is 1.65. The Labute approximate surface area is 234 Å². The fourth-order valence-electron chi connectivity index (χ4n) is 3.75. The number of rotatable bonds is 11. The number of allylic oxidation sites excluding steroid dienone is 1. The van der Waals surface area contributed by atoms with Gasteiger partial charge >= 0.3 is 0 Å². The number of ether oxygens (including phenoxy) is 4. The Bertz CT molecular complexity index is 1170. The third-order valence-electron chi connectivity index (χ3n) is 5.80. The normalized spacial score (nSPS) is 13.1. The van der Waals surface area contributed by atoms with Gasteiger partial charge in [-0.15, -0.1) is 11.3 Å². The summed E-state index contributed by atoms with van der Waals surface area (Å²) in [6, 6.07) is 15.6. The molecule has 1 aromatic heterocycles. The fourth-order valence-corrected chi connectivity index (χ4v) is 4.50. The SMILES string of the molecule is C.COc1cc(OCCN2CCOCC2)c(/C=C/C(=O)c2ccc(C)cc2)cc1-c1cccs1.NCOC=O. The predicted octanol–water partition coefficient (Wildman–Crippen LogP) is 5.05. The highest BCUT2D eigenvalue weighted by Crippen LogP contribution is 2.38. The number of methoxy groups -OCH3 is 1. The van der Waals surface area contributed by atoms with Gasteiger partial charge in [0.1, 0.15) is 24.8 Å². The van der Waals surface area contributed by atoms with E-state index in [1.807, 2.05) is 60.8 Å². The predicted molar refractivity (Wildman–Crippen MR) is 157 cm³/mol. The molecule has 2 N–H and O–H groups in total. The molecule has 2 heterocycles. The van der Waals surface area contributed by atoms with Crippen molar-refractivity contribution in [2.24, 2.45) is 5.73 Å². The quantitative estimate of drug-likeness (QED) is 0.152. The van der Waals surface area contributed by atoms with Crippen LogP contribution in [-0.4, -0.2) is 70.5 Å². The van der Waals surface area contributed by atoms with Crippen LogP contribution in [0, 0.1) is 6.92 Å². The van der Waals surface area contributed by atoms with E-state index in [0.717, 1.165) is 60.2 Å². The zero-order valence-electron chi connectivity index (χ0n) is 21.8. The van der Waals surface area contributed by atoms with Crippen LogP contribution in [0.25, 0.3) is 16.5 Å². The van der Waals surface area contributed by atoms with Crippen LogP contribution in [0.5, 0.6) is 11.5 Å². The van der Waals surface area contributed by atoms with Crippen LogP contribution in [0.3, 0.4) is 0 Å². The summed E-state index contributed by atoms with van der Waals surface area (Å²) in [6.07, 6.45) is 3.45. The molecule has 0 bridgehead atoms. The highest BCUT2D eigenvalue weighted by Gasteiger charge is 2.15. The number of nitrogens with zero attached hydrogens (tertiary/aromatic N) is 1. The molecule has 1 aliphatic heterocycles. The van der Waals surface area contributed by atoms with E-state index in [9.17, 15) is 4.79 Å². The molecule has 0 aliphatic carbocycles. The van der Waals surface area contributed by atoms with Gasteiger partial charge < -0.3 is 18.9 Å². The van der Waals surface area contributed by atoms with Crippen molar-refractivity contribution in [3.8, 4) is 21.9 Å². The van der Waals surface area contributed by atoms with Gasteiger partial charge in [-0.25, -0.2) is 0 Å². The lowest BCUT2D eigenvalue weighted by Crippen LogP contribution is -2.38. The van der Waals surface area contributed by atoms with E-state index < -0.39 is 0 Å². The van der Waals surface area contributed by atoms with E-state index in [2.05, 4.69) is 21.4 Å². The molecule has 0 saturated carbocycles. The molecule has 8 nitrogen and oxygen atoms in total. The van der Waals surface area contributed by atoms with Gasteiger partial charge in [0.15, 0.2) is 5.78 Å². The van der Waals surface area contributed by atoms with E-state index in [0.29, 0.717) is 24.4 Å². The van der Waals surface area contributed by atoms with Gasteiger partial charge in [-0.05, 0) is 36.6 Å². The van der Waals surface area contributed by atoms with E-state index in [1.165, 1.54) is 0 Å². The molecule has 0 radical (unpaired) electrons. The summed E-state index contributed by atoms with van der Waals surface area (Å²) in [5.41, 5.74) is 8.31. The molecule has 0 spiro atoms. The maximum absolute atomic E-state index is 12.7. The second kappa shape index (κ2) is 17.2. The zero-order chi connectivity index (χ0) is 27.2. The van der Waals surface area contributed by atoms with Crippen molar-refractivity contribution in [2.45, 2.75) is 14.4 Å². The van der Waals surface area contributed by atoms with Crippen LogP contribution >= 0.6 is 11.3 Å². The number of nitrogens with two attached hydrogens (primary N) is 1. The Morgan fingerprint density at radius 1 is 1.13 bits per heavy atom. The van der Waals surface area contributed by atoms with Crippen molar-refractivity contribution < 1.29 is 28.5 Å². The summed E-state index contributed by atoms with van der Waals surface area (Å²) < 4.78 is 21.2. The third-order valence-corrected chi connectivity index (χ3v) is 6.71. The zero-order valence-corrected chi connectivity index (χ0v) is 22.6. The number of hydrogen-bond donors (Lipinski definition) is 1. The molecule has 1 aliphatic rings. The first-order chi connectivity index (χ1) is 18.5. The minimum atomic E-state index is -0.0391. The minimum Gasteiger partial charge on any atom is -0.496 e. The monoisotopic (exact) mass is 554 g/mol. The van der Waals surface area contributed by atoms with Crippen LogP contribution in [-0.2, 0) is 14.3 Å². The average Bonchev–Trinajstić information content (AvgIpc) is 3.48. The number of thiophene rings is 1. The highest BCUT2D eigenvalue weighted by atomic mass is 32.1. The lowest BCUT2D eigenvalue weighted by Gasteiger charge is -2.26. The van der Waals surface area contributed by atoms with Crippen LogP contribution < -0.4 is 15.2 Å². The number of benzene rings is 2. The van der Waals surface area contributed by atoms with E-state index in [4.69, 9.17) is 19.0 Å². The van der Waals surface area contributed by atoms with Crippen molar-refractivity contribution in [2.75, 3.05) is 53.3 Å². The molecule has 4 rings (SSSR count). The van der Waals surface area contributed by atoms with E-state index >= 15 is 0 Å². The summed E-state index contributed by atoms with van der Waals surface area (Å²) in [5.74, 6) is 1.41. The largest absolute Gasteiger partial charge is 0.496 e. The first-order valence-corrected chi connectivity index (χ1v) is 13.2. The van der Waals surface area contributed by atoms with Gasteiger partial charge in [0.05, 0.1) is 20.3 Å². The maximum Gasteiger partial charge on any atom is 0.294 e.